The zero-order valence-corrected chi connectivity index (χ0v) is 15.1. The number of hydrogen-bond donors (Lipinski definition) is 2. The van der Waals surface area contributed by atoms with Crippen molar-refractivity contribution in [2.24, 2.45) is 28.7 Å². The van der Waals surface area contributed by atoms with Gasteiger partial charge in [0.05, 0.1) is 11.9 Å². The van der Waals surface area contributed by atoms with Crippen LogP contribution in [-0.2, 0) is 7.05 Å². The van der Waals surface area contributed by atoms with E-state index in [1.807, 2.05) is 46.4 Å². The fraction of sp³-hybridized carbons (Fsp3) is 0.500. The highest BCUT2D eigenvalue weighted by Crippen LogP contribution is 2.20. The molecule has 0 spiro atoms. The van der Waals surface area contributed by atoms with Gasteiger partial charge in [0.1, 0.15) is 5.84 Å². The monoisotopic (exact) mass is 328 g/mol. The van der Waals surface area contributed by atoms with E-state index in [0.29, 0.717) is 11.8 Å². The highest BCUT2D eigenvalue weighted by atomic mass is 15.2. The Labute approximate surface area is 144 Å². The molecule has 24 heavy (non-hydrogen) atoms. The molecule has 130 valence electrons. The van der Waals surface area contributed by atoms with Crippen LogP contribution in [0.2, 0.25) is 0 Å². The van der Waals surface area contributed by atoms with E-state index in [1.54, 1.807) is 4.68 Å². The number of hydrogen-bond acceptors (Lipinski definition) is 4. The Hall–Kier alpha value is -2.21. The lowest BCUT2D eigenvalue weighted by Gasteiger charge is -2.23. The zero-order chi connectivity index (χ0) is 17.5. The number of piperidine rings is 1. The smallest absolute Gasteiger partial charge is 0.145 e. The summed E-state index contributed by atoms with van der Waals surface area (Å²) in [5, 5.41) is 7.58. The number of nitrogens with zero attached hydrogens (tertiary/aromatic N) is 4. The highest BCUT2D eigenvalue weighted by Gasteiger charge is 2.17. The van der Waals surface area contributed by atoms with Crippen molar-refractivity contribution in [1.82, 2.24) is 15.1 Å². The van der Waals surface area contributed by atoms with Crippen LogP contribution in [0.1, 0.15) is 39.2 Å². The Bertz CT molecular complexity index is 671. The van der Waals surface area contributed by atoms with Crippen LogP contribution in [0.15, 0.2) is 40.4 Å². The first-order valence-electron chi connectivity index (χ1n) is 8.43. The van der Waals surface area contributed by atoms with Crippen molar-refractivity contribution in [3.8, 4) is 0 Å². The van der Waals surface area contributed by atoms with Gasteiger partial charge in [-0.05, 0) is 45.7 Å². The van der Waals surface area contributed by atoms with Gasteiger partial charge in [-0.3, -0.25) is 9.67 Å². The van der Waals surface area contributed by atoms with Gasteiger partial charge in [-0.25, -0.2) is 4.99 Å². The third kappa shape index (κ3) is 4.89. The number of allylic oxidation sites excluding steroid dienone is 2. The fourth-order valence-corrected chi connectivity index (χ4v) is 2.67. The minimum Gasteiger partial charge on any atom is -0.382 e. The molecule has 1 aliphatic rings. The second-order valence-corrected chi connectivity index (χ2v) is 6.18. The van der Waals surface area contributed by atoms with Gasteiger partial charge in [-0.15, -0.1) is 0 Å². The summed E-state index contributed by atoms with van der Waals surface area (Å²) in [6.45, 7) is 7.96. The topological polar surface area (TPSA) is 80.6 Å². The molecule has 1 aromatic heterocycles. The zero-order valence-electron chi connectivity index (χ0n) is 15.1. The second kappa shape index (κ2) is 8.59. The van der Waals surface area contributed by atoms with Crippen LogP contribution in [0.25, 0.3) is 5.57 Å². The van der Waals surface area contributed by atoms with Crippen LogP contribution in [-0.4, -0.2) is 34.4 Å². The van der Waals surface area contributed by atoms with E-state index in [-0.39, 0.29) is 0 Å². The number of amidine groups is 1. The summed E-state index contributed by atoms with van der Waals surface area (Å²) in [7, 11) is 1.90. The summed E-state index contributed by atoms with van der Waals surface area (Å²) >= 11 is 0. The Morgan fingerprint density at radius 1 is 1.46 bits per heavy atom. The molecule has 0 aliphatic carbocycles. The molecular weight excluding hydrogens is 300 g/mol. The Morgan fingerprint density at radius 3 is 2.83 bits per heavy atom. The lowest BCUT2D eigenvalue weighted by atomic mass is 9.96. The number of aromatic nitrogens is 2. The third-order valence-electron chi connectivity index (χ3n) is 4.24. The summed E-state index contributed by atoms with van der Waals surface area (Å²) in [5.74, 6) is 0.909. The predicted octanol–water partition coefficient (Wildman–Crippen LogP) is 2.50. The summed E-state index contributed by atoms with van der Waals surface area (Å²) in [4.78, 5) is 9.07. The van der Waals surface area contributed by atoms with Gasteiger partial charge in [-0.2, -0.15) is 5.10 Å². The largest absolute Gasteiger partial charge is 0.382 e. The summed E-state index contributed by atoms with van der Waals surface area (Å²) < 4.78 is 1.77. The molecule has 2 heterocycles. The molecule has 0 aromatic carbocycles. The number of rotatable bonds is 5. The molecule has 0 bridgehead atoms. The van der Waals surface area contributed by atoms with Crippen LogP contribution in [0, 0.1) is 5.92 Å². The minimum absolute atomic E-state index is 0.433. The van der Waals surface area contributed by atoms with E-state index in [0.717, 1.165) is 42.1 Å². The maximum absolute atomic E-state index is 6.14. The van der Waals surface area contributed by atoms with E-state index in [2.05, 4.69) is 26.5 Å². The molecule has 6 heteroatoms. The molecule has 1 unspecified atom stereocenters. The molecule has 1 atom stereocenters. The number of aryl methyl sites for hydroxylation is 1. The van der Waals surface area contributed by atoms with Crippen molar-refractivity contribution in [3.63, 3.8) is 0 Å². The van der Waals surface area contributed by atoms with E-state index in [4.69, 9.17) is 5.73 Å². The van der Waals surface area contributed by atoms with Gasteiger partial charge in [-0.1, -0.05) is 6.08 Å². The molecule has 1 saturated heterocycles. The third-order valence-corrected chi connectivity index (χ3v) is 4.24. The van der Waals surface area contributed by atoms with Gasteiger partial charge in [0.25, 0.3) is 0 Å². The van der Waals surface area contributed by atoms with Crippen LogP contribution >= 0.6 is 0 Å². The molecular formula is C18H28N6. The van der Waals surface area contributed by atoms with Crippen LogP contribution in [0.3, 0.4) is 0 Å². The lowest BCUT2D eigenvalue weighted by Crippen LogP contribution is -2.31. The molecule has 0 saturated carbocycles. The standard InChI is InChI=1S/C18H28N6/c1-5-17(15-7-6-8-20-10-15)23-18(19)14(3)21-9-13(2)16-11-22-24(4)12-16/h5,9,11-12,15,20H,6-8,10H2,1-4H3,(H2,19,23)/b13-9+,17-5-,21-14?. The first-order valence-corrected chi connectivity index (χ1v) is 8.43. The van der Waals surface area contributed by atoms with Gasteiger partial charge in [0, 0.05) is 43.2 Å². The predicted molar refractivity (Wildman–Crippen MR) is 101 cm³/mol. The number of aliphatic imine (C=N–C) groups is 2. The SMILES string of the molecule is C/C=C(\N=C(N)C(C)=N/C=C(\C)c1cnn(C)c1)C1CCCNC1. The Kier molecular flexibility index (Phi) is 6.49. The van der Waals surface area contributed by atoms with E-state index >= 15 is 0 Å². The normalized spacial score (nSPS) is 21.2. The first-order chi connectivity index (χ1) is 11.5. The summed E-state index contributed by atoms with van der Waals surface area (Å²) in [6.07, 6.45) is 9.97. The number of nitrogens with two attached hydrogens (primary N) is 1. The quantitative estimate of drug-likeness (QED) is 0.644. The molecule has 0 radical (unpaired) electrons. The molecule has 0 amide bonds. The molecule has 6 nitrogen and oxygen atoms in total. The maximum Gasteiger partial charge on any atom is 0.145 e. The van der Waals surface area contributed by atoms with Gasteiger partial charge in [0.2, 0.25) is 0 Å². The average Bonchev–Trinajstić information content (AvgIpc) is 3.04. The van der Waals surface area contributed by atoms with E-state index in [9.17, 15) is 0 Å². The van der Waals surface area contributed by atoms with Crippen molar-refractivity contribution in [3.05, 3.63) is 35.9 Å². The molecule has 1 fully saturated rings. The average molecular weight is 328 g/mol. The second-order valence-electron chi connectivity index (χ2n) is 6.18. The van der Waals surface area contributed by atoms with Crippen LogP contribution in [0.4, 0.5) is 0 Å². The Morgan fingerprint density at radius 2 is 2.25 bits per heavy atom. The summed E-state index contributed by atoms with van der Waals surface area (Å²) in [6, 6.07) is 0. The number of nitrogens with one attached hydrogen (secondary N) is 1. The molecule has 1 aliphatic heterocycles. The minimum atomic E-state index is 0.433. The van der Waals surface area contributed by atoms with Crippen molar-refractivity contribution >= 4 is 17.1 Å². The van der Waals surface area contributed by atoms with Crippen LogP contribution < -0.4 is 11.1 Å². The van der Waals surface area contributed by atoms with E-state index < -0.39 is 0 Å². The first kappa shape index (κ1) is 18.1. The summed E-state index contributed by atoms with van der Waals surface area (Å²) in [5.41, 5.74) is 10.00. The maximum atomic E-state index is 6.14. The molecule has 1 aromatic rings. The van der Waals surface area contributed by atoms with Crippen molar-refractivity contribution in [2.75, 3.05) is 13.1 Å². The molecule has 2 rings (SSSR count). The van der Waals surface area contributed by atoms with Crippen LogP contribution in [0.5, 0.6) is 0 Å². The van der Waals surface area contributed by atoms with E-state index in [1.165, 1.54) is 6.42 Å². The van der Waals surface area contributed by atoms with Crippen molar-refractivity contribution in [2.45, 2.75) is 33.6 Å². The van der Waals surface area contributed by atoms with Gasteiger partial charge in [0.15, 0.2) is 0 Å². The molecule has 3 N–H and O–H groups in total. The lowest BCUT2D eigenvalue weighted by molar-refractivity contribution is 0.419. The fourth-order valence-electron chi connectivity index (χ4n) is 2.67. The van der Waals surface area contributed by atoms with Gasteiger partial charge >= 0.3 is 0 Å². The van der Waals surface area contributed by atoms with Crippen molar-refractivity contribution < 1.29 is 0 Å². The Balaban J connectivity index is 2.10. The highest BCUT2D eigenvalue weighted by molar-refractivity contribution is 6.40. The van der Waals surface area contributed by atoms with Gasteiger partial charge < -0.3 is 11.1 Å². The van der Waals surface area contributed by atoms with Crippen molar-refractivity contribution in [1.29, 1.82) is 0 Å².